The number of H-pyrrole nitrogens is 1. The quantitative estimate of drug-likeness (QED) is 0.646. The third kappa shape index (κ3) is 1.87. The molecular weight excluding hydrogens is 148 g/mol. The number of imidazole rings is 1. The van der Waals surface area contributed by atoms with Gasteiger partial charge in [0.25, 0.3) is 0 Å². The van der Waals surface area contributed by atoms with Crippen LogP contribution in [0.15, 0.2) is 18.7 Å². The van der Waals surface area contributed by atoms with E-state index in [1.807, 2.05) is 6.20 Å². The predicted molar refractivity (Wildman–Crippen MR) is 47.6 cm³/mol. The highest BCUT2D eigenvalue weighted by Gasteiger charge is 2.15. The van der Waals surface area contributed by atoms with Crippen molar-refractivity contribution in [2.75, 3.05) is 0 Å². The van der Waals surface area contributed by atoms with Gasteiger partial charge in [0.2, 0.25) is 6.33 Å². The van der Waals surface area contributed by atoms with E-state index in [1.165, 1.54) is 38.6 Å². The molecule has 0 atom stereocenters. The summed E-state index contributed by atoms with van der Waals surface area (Å²) in [6, 6.07) is 0. The lowest BCUT2D eigenvalue weighted by molar-refractivity contribution is -0.702. The van der Waals surface area contributed by atoms with Gasteiger partial charge in [0, 0.05) is 0 Å². The Bertz CT molecular complexity index is 210. The van der Waals surface area contributed by atoms with Crippen LogP contribution in [0, 0.1) is 5.92 Å². The molecule has 0 unspecified atom stereocenters. The topological polar surface area (TPSA) is 19.7 Å². The van der Waals surface area contributed by atoms with Crippen molar-refractivity contribution in [2.24, 2.45) is 5.92 Å². The van der Waals surface area contributed by atoms with Gasteiger partial charge in [-0.2, -0.15) is 0 Å². The van der Waals surface area contributed by atoms with Gasteiger partial charge in [0.1, 0.15) is 12.4 Å². The van der Waals surface area contributed by atoms with Crippen molar-refractivity contribution in [3.05, 3.63) is 18.7 Å². The van der Waals surface area contributed by atoms with E-state index in [-0.39, 0.29) is 0 Å². The van der Waals surface area contributed by atoms with Gasteiger partial charge in [-0.05, 0) is 18.8 Å². The molecule has 1 heterocycles. The molecule has 0 aromatic carbocycles. The lowest BCUT2D eigenvalue weighted by Crippen LogP contribution is -2.35. The molecule has 1 aromatic heterocycles. The molecule has 0 aliphatic heterocycles. The van der Waals surface area contributed by atoms with Crippen LogP contribution in [-0.4, -0.2) is 4.98 Å². The van der Waals surface area contributed by atoms with E-state index in [9.17, 15) is 0 Å². The Balaban J connectivity index is 1.86. The van der Waals surface area contributed by atoms with E-state index in [1.54, 1.807) is 0 Å². The number of aromatic nitrogens is 2. The second-order valence-electron chi connectivity index (χ2n) is 3.81. The maximum atomic E-state index is 3.08. The van der Waals surface area contributed by atoms with Crippen molar-refractivity contribution < 1.29 is 4.57 Å². The minimum absolute atomic E-state index is 0.930. The molecule has 2 nitrogen and oxygen atoms in total. The molecule has 12 heavy (non-hydrogen) atoms. The molecule has 0 saturated heterocycles. The third-order valence-electron chi connectivity index (χ3n) is 2.80. The molecule has 0 amide bonds. The van der Waals surface area contributed by atoms with Crippen molar-refractivity contribution >= 4 is 0 Å². The van der Waals surface area contributed by atoms with Crippen LogP contribution in [0.1, 0.15) is 32.1 Å². The third-order valence-corrected chi connectivity index (χ3v) is 2.80. The Morgan fingerprint density at radius 3 is 2.75 bits per heavy atom. The van der Waals surface area contributed by atoms with E-state index >= 15 is 0 Å². The van der Waals surface area contributed by atoms with Gasteiger partial charge < -0.3 is 0 Å². The maximum Gasteiger partial charge on any atom is 0.241 e. The fraction of sp³-hybridized carbons (Fsp3) is 0.700. The summed E-state index contributed by atoms with van der Waals surface area (Å²) in [7, 11) is 0. The minimum atomic E-state index is 0.930. The Morgan fingerprint density at radius 1 is 1.25 bits per heavy atom. The first-order chi connectivity index (χ1) is 5.95. The zero-order valence-electron chi connectivity index (χ0n) is 7.50. The summed E-state index contributed by atoms with van der Waals surface area (Å²) in [6.07, 6.45) is 13.3. The fourth-order valence-corrected chi connectivity index (χ4v) is 2.10. The number of aromatic amines is 1. The molecule has 1 N–H and O–H groups in total. The van der Waals surface area contributed by atoms with E-state index in [2.05, 4.69) is 22.1 Å². The molecule has 1 saturated carbocycles. The fourth-order valence-electron chi connectivity index (χ4n) is 2.10. The van der Waals surface area contributed by atoms with Crippen LogP contribution in [0.2, 0.25) is 0 Å². The van der Waals surface area contributed by atoms with Gasteiger partial charge in [-0.3, -0.25) is 4.98 Å². The van der Waals surface area contributed by atoms with Crippen LogP contribution in [0.4, 0.5) is 0 Å². The second kappa shape index (κ2) is 3.74. The van der Waals surface area contributed by atoms with E-state index in [4.69, 9.17) is 0 Å². The largest absolute Gasteiger partial charge is 0.250 e. The summed E-state index contributed by atoms with van der Waals surface area (Å²) >= 11 is 0. The Labute approximate surface area is 73.6 Å². The minimum Gasteiger partial charge on any atom is -0.250 e. The summed E-state index contributed by atoms with van der Waals surface area (Å²) in [5.41, 5.74) is 0. The Kier molecular flexibility index (Phi) is 2.45. The van der Waals surface area contributed by atoms with Gasteiger partial charge in [0.05, 0.1) is 6.54 Å². The molecule has 2 heteroatoms. The van der Waals surface area contributed by atoms with Gasteiger partial charge >= 0.3 is 0 Å². The molecular formula is C10H17N2+. The zero-order valence-corrected chi connectivity index (χ0v) is 7.50. The average Bonchev–Trinajstić information content (AvgIpc) is 2.59. The van der Waals surface area contributed by atoms with E-state index in [0.29, 0.717) is 0 Å². The van der Waals surface area contributed by atoms with Crippen LogP contribution in [0.5, 0.6) is 0 Å². The van der Waals surface area contributed by atoms with Crippen LogP contribution >= 0.6 is 0 Å². The van der Waals surface area contributed by atoms with Crippen LogP contribution in [-0.2, 0) is 6.54 Å². The monoisotopic (exact) mass is 165 g/mol. The summed E-state index contributed by atoms with van der Waals surface area (Å²) in [6.45, 7) is 1.21. The maximum absolute atomic E-state index is 3.08. The molecule has 1 fully saturated rings. The van der Waals surface area contributed by atoms with Crippen molar-refractivity contribution in [1.82, 2.24) is 4.98 Å². The van der Waals surface area contributed by atoms with Crippen molar-refractivity contribution in [2.45, 2.75) is 38.6 Å². The van der Waals surface area contributed by atoms with E-state index < -0.39 is 0 Å². The Morgan fingerprint density at radius 2 is 2.08 bits per heavy atom. The number of hydrogen-bond acceptors (Lipinski definition) is 0. The van der Waals surface area contributed by atoms with E-state index in [0.717, 1.165) is 5.92 Å². The van der Waals surface area contributed by atoms with Crippen LogP contribution in [0.25, 0.3) is 0 Å². The number of rotatable bonds is 2. The summed E-state index contributed by atoms with van der Waals surface area (Å²) in [4.78, 5) is 3.08. The molecule has 0 bridgehead atoms. The highest BCUT2D eigenvalue weighted by Crippen LogP contribution is 2.23. The van der Waals surface area contributed by atoms with Gasteiger partial charge in [-0.25, -0.2) is 4.57 Å². The molecule has 1 aliphatic rings. The van der Waals surface area contributed by atoms with Gasteiger partial charge in [-0.15, -0.1) is 0 Å². The normalized spacial score (nSPS) is 19.7. The highest BCUT2D eigenvalue weighted by atomic mass is 15.0. The van der Waals surface area contributed by atoms with Crippen molar-refractivity contribution in [3.63, 3.8) is 0 Å². The SMILES string of the molecule is c1c[n+](CC2CCCCC2)c[nH]1. The van der Waals surface area contributed by atoms with Crippen LogP contribution in [0.3, 0.4) is 0 Å². The number of nitrogens with zero attached hydrogens (tertiary/aromatic N) is 1. The first-order valence-electron chi connectivity index (χ1n) is 4.97. The zero-order chi connectivity index (χ0) is 8.23. The van der Waals surface area contributed by atoms with Crippen molar-refractivity contribution in [1.29, 1.82) is 0 Å². The first-order valence-corrected chi connectivity index (χ1v) is 4.97. The summed E-state index contributed by atoms with van der Waals surface area (Å²) < 4.78 is 2.26. The highest BCUT2D eigenvalue weighted by molar-refractivity contribution is 4.63. The van der Waals surface area contributed by atoms with Crippen LogP contribution < -0.4 is 4.57 Å². The molecule has 2 rings (SSSR count). The average molecular weight is 165 g/mol. The predicted octanol–water partition coefficient (Wildman–Crippen LogP) is 1.88. The number of nitrogens with one attached hydrogen (secondary N) is 1. The molecule has 1 aromatic rings. The summed E-state index contributed by atoms with van der Waals surface area (Å²) in [5, 5.41) is 0. The molecule has 66 valence electrons. The first kappa shape index (κ1) is 7.84. The van der Waals surface area contributed by atoms with Gasteiger partial charge in [-0.1, -0.05) is 19.3 Å². The molecule has 0 radical (unpaired) electrons. The molecule has 1 aliphatic carbocycles. The standard InChI is InChI=1S/C10H16N2/c1-2-4-10(5-3-1)8-12-7-6-11-9-12/h6-7,9-10H,1-5,8H2/p+1. The summed E-state index contributed by atoms with van der Waals surface area (Å²) in [5.74, 6) is 0.930. The lowest BCUT2D eigenvalue weighted by Gasteiger charge is -2.19. The lowest BCUT2D eigenvalue weighted by atomic mass is 9.89. The Hall–Kier alpha value is -0.790. The molecule has 0 spiro atoms. The van der Waals surface area contributed by atoms with Crippen molar-refractivity contribution in [3.8, 4) is 0 Å². The number of hydrogen-bond donors (Lipinski definition) is 1. The second-order valence-corrected chi connectivity index (χ2v) is 3.81. The van der Waals surface area contributed by atoms with Gasteiger partial charge in [0.15, 0.2) is 0 Å². The smallest absolute Gasteiger partial charge is 0.241 e.